The monoisotopic (exact) mass is 375 g/mol. The lowest BCUT2D eigenvalue weighted by Crippen LogP contribution is -2.14. The van der Waals surface area contributed by atoms with Crippen molar-refractivity contribution < 1.29 is 4.79 Å². The summed E-state index contributed by atoms with van der Waals surface area (Å²) in [5, 5.41) is 9.39. The number of nitrogens with zero attached hydrogens (tertiary/aromatic N) is 2. The number of carbonyl (C=O) groups is 1. The van der Waals surface area contributed by atoms with Crippen molar-refractivity contribution in [1.82, 2.24) is 9.97 Å². The van der Waals surface area contributed by atoms with Gasteiger partial charge in [-0.25, -0.2) is 9.97 Å². The Morgan fingerprint density at radius 3 is 2.36 bits per heavy atom. The molecule has 1 heterocycles. The average molecular weight is 375 g/mol. The first kappa shape index (κ1) is 19.4. The maximum Gasteiger partial charge on any atom is 0.228 e. The maximum absolute atomic E-state index is 12.3. The highest BCUT2D eigenvalue weighted by atomic mass is 16.1. The van der Waals surface area contributed by atoms with Gasteiger partial charge >= 0.3 is 0 Å². The molecule has 0 unspecified atom stereocenters. The number of hydrogen-bond donors (Lipinski definition) is 3. The third-order valence-corrected chi connectivity index (χ3v) is 4.08. The molecule has 144 valence electrons. The Bertz CT molecular complexity index is 953. The average Bonchev–Trinajstić information content (AvgIpc) is 2.63. The quantitative estimate of drug-likeness (QED) is 0.569. The van der Waals surface area contributed by atoms with Crippen LogP contribution in [0.3, 0.4) is 0 Å². The van der Waals surface area contributed by atoms with Crippen LogP contribution in [0.25, 0.3) is 0 Å². The zero-order valence-corrected chi connectivity index (χ0v) is 16.4. The molecule has 0 saturated carbocycles. The van der Waals surface area contributed by atoms with Gasteiger partial charge in [-0.2, -0.15) is 0 Å². The van der Waals surface area contributed by atoms with Crippen LogP contribution in [0.4, 0.5) is 23.0 Å². The molecule has 0 aliphatic rings. The van der Waals surface area contributed by atoms with Crippen LogP contribution < -0.4 is 16.0 Å². The molecule has 0 atom stereocenters. The van der Waals surface area contributed by atoms with Crippen molar-refractivity contribution in [1.29, 1.82) is 0 Å². The molecule has 0 fully saturated rings. The molecule has 0 aliphatic carbocycles. The van der Waals surface area contributed by atoms with Gasteiger partial charge in [0.25, 0.3) is 0 Å². The maximum atomic E-state index is 12.3. The number of benzene rings is 2. The van der Waals surface area contributed by atoms with E-state index < -0.39 is 0 Å². The standard InChI is InChI=1S/C22H25N5O/c1-4-23-20-14-21(25-16(3)24-20)26-18-8-10-19(11-9-18)27-22(28)13-17-7-5-6-15(2)12-17/h5-12,14H,4,13H2,1-3H3,(H,27,28)(H2,23,24,25,26). The molecule has 1 aromatic heterocycles. The zero-order valence-electron chi connectivity index (χ0n) is 16.4. The molecule has 3 aromatic rings. The first-order valence-electron chi connectivity index (χ1n) is 9.34. The van der Waals surface area contributed by atoms with Gasteiger partial charge in [0.1, 0.15) is 17.5 Å². The topological polar surface area (TPSA) is 78.9 Å². The molecular formula is C22H25N5O. The highest BCUT2D eigenvalue weighted by Crippen LogP contribution is 2.20. The van der Waals surface area contributed by atoms with Crippen LogP contribution >= 0.6 is 0 Å². The van der Waals surface area contributed by atoms with Crippen molar-refractivity contribution in [3.05, 3.63) is 71.5 Å². The second kappa shape index (κ2) is 8.99. The van der Waals surface area contributed by atoms with Gasteiger partial charge in [0, 0.05) is 24.0 Å². The third kappa shape index (κ3) is 5.54. The van der Waals surface area contributed by atoms with Crippen LogP contribution in [0, 0.1) is 13.8 Å². The number of carbonyl (C=O) groups excluding carboxylic acids is 1. The number of aromatic nitrogens is 2. The largest absolute Gasteiger partial charge is 0.370 e. The number of hydrogen-bond acceptors (Lipinski definition) is 5. The van der Waals surface area contributed by atoms with Crippen molar-refractivity contribution in [3.63, 3.8) is 0 Å². The van der Waals surface area contributed by atoms with E-state index in [2.05, 4.69) is 25.9 Å². The molecule has 6 nitrogen and oxygen atoms in total. The van der Waals surface area contributed by atoms with E-state index in [0.29, 0.717) is 12.2 Å². The Morgan fingerprint density at radius 1 is 0.929 bits per heavy atom. The van der Waals surface area contributed by atoms with Crippen LogP contribution in [-0.2, 0) is 11.2 Å². The second-order valence-electron chi connectivity index (χ2n) is 6.63. The SMILES string of the molecule is CCNc1cc(Nc2ccc(NC(=O)Cc3cccc(C)c3)cc2)nc(C)n1. The van der Waals surface area contributed by atoms with Crippen molar-refractivity contribution in [2.45, 2.75) is 27.2 Å². The van der Waals surface area contributed by atoms with Gasteiger partial charge in [0.2, 0.25) is 5.91 Å². The molecular weight excluding hydrogens is 350 g/mol. The fourth-order valence-corrected chi connectivity index (χ4v) is 2.90. The fourth-order valence-electron chi connectivity index (χ4n) is 2.90. The van der Waals surface area contributed by atoms with Crippen LogP contribution in [0.1, 0.15) is 23.9 Å². The summed E-state index contributed by atoms with van der Waals surface area (Å²) in [6.07, 6.45) is 0.356. The number of rotatable bonds is 7. The van der Waals surface area contributed by atoms with E-state index in [-0.39, 0.29) is 5.91 Å². The van der Waals surface area contributed by atoms with Gasteiger partial charge in [-0.15, -0.1) is 0 Å². The van der Waals surface area contributed by atoms with E-state index >= 15 is 0 Å². The van der Waals surface area contributed by atoms with Gasteiger partial charge in [0.15, 0.2) is 0 Å². The summed E-state index contributed by atoms with van der Waals surface area (Å²) >= 11 is 0. The Balaban J connectivity index is 1.61. The van der Waals surface area contributed by atoms with Crippen LogP contribution in [-0.4, -0.2) is 22.4 Å². The normalized spacial score (nSPS) is 10.4. The molecule has 0 spiro atoms. The molecule has 3 N–H and O–H groups in total. The zero-order chi connectivity index (χ0) is 19.9. The molecule has 3 rings (SSSR count). The summed E-state index contributed by atoms with van der Waals surface area (Å²) in [6, 6.07) is 17.4. The summed E-state index contributed by atoms with van der Waals surface area (Å²) in [5.74, 6) is 2.17. The first-order valence-corrected chi connectivity index (χ1v) is 9.34. The van der Waals surface area contributed by atoms with E-state index in [4.69, 9.17) is 0 Å². The van der Waals surface area contributed by atoms with E-state index in [1.165, 1.54) is 0 Å². The lowest BCUT2D eigenvalue weighted by atomic mass is 10.1. The van der Waals surface area contributed by atoms with E-state index in [0.717, 1.165) is 40.7 Å². The lowest BCUT2D eigenvalue weighted by Gasteiger charge is -2.10. The Labute approximate surface area is 165 Å². The summed E-state index contributed by atoms with van der Waals surface area (Å²) in [7, 11) is 0. The predicted octanol–water partition coefficient (Wildman–Crippen LogP) is 4.45. The van der Waals surface area contributed by atoms with Gasteiger partial charge in [-0.1, -0.05) is 29.8 Å². The molecule has 0 saturated heterocycles. The first-order chi connectivity index (χ1) is 13.5. The van der Waals surface area contributed by atoms with Crippen molar-refractivity contribution in [3.8, 4) is 0 Å². The van der Waals surface area contributed by atoms with E-state index in [9.17, 15) is 4.79 Å². The Hall–Kier alpha value is -3.41. The molecule has 0 radical (unpaired) electrons. The Kier molecular flexibility index (Phi) is 6.22. The second-order valence-corrected chi connectivity index (χ2v) is 6.63. The number of amides is 1. The van der Waals surface area contributed by atoms with Crippen molar-refractivity contribution in [2.24, 2.45) is 0 Å². The minimum absolute atomic E-state index is 0.0342. The van der Waals surface area contributed by atoms with Gasteiger partial charge in [0.05, 0.1) is 6.42 Å². The third-order valence-electron chi connectivity index (χ3n) is 4.08. The van der Waals surface area contributed by atoms with Crippen molar-refractivity contribution >= 4 is 28.9 Å². The smallest absolute Gasteiger partial charge is 0.228 e. The van der Waals surface area contributed by atoms with Crippen LogP contribution in [0.15, 0.2) is 54.6 Å². The molecule has 2 aromatic carbocycles. The minimum atomic E-state index is -0.0342. The number of aryl methyl sites for hydroxylation is 2. The minimum Gasteiger partial charge on any atom is -0.370 e. The van der Waals surface area contributed by atoms with Crippen LogP contribution in [0.2, 0.25) is 0 Å². The predicted molar refractivity (Wildman–Crippen MR) is 114 cm³/mol. The van der Waals surface area contributed by atoms with Crippen molar-refractivity contribution in [2.75, 3.05) is 22.5 Å². The number of anilines is 4. The highest BCUT2D eigenvalue weighted by Gasteiger charge is 2.06. The summed E-state index contributed by atoms with van der Waals surface area (Å²) in [5.41, 5.74) is 3.80. The van der Waals surface area contributed by atoms with Gasteiger partial charge < -0.3 is 16.0 Å². The molecule has 6 heteroatoms. The lowest BCUT2D eigenvalue weighted by molar-refractivity contribution is -0.115. The number of nitrogens with one attached hydrogen (secondary N) is 3. The summed E-state index contributed by atoms with van der Waals surface area (Å²) in [6.45, 7) is 6.70. The molecule has 28 heavy (non-hydrogen) atoms. The van der Waals surface area contributed by atoms with Gasteiger partial charge in [-0.3, -0.25) is 4.79 Å². The summed E-state index contributed by atoms with van der Waals surface area (Å²) in [4.78, 5) is 21.0. The van der Waals surface area contributed by atoms with E-state index in [1.807, 2.05) is 75.4 Å². The van der Waals surface area contributed by atoms with Gasteiger partial charge in [-0.05, 0) is 50.6 Å². The van der Waals surface area contributed by atoms with Crippen LogP contribution in [0.5, 0.6) is 0 Å². The van der Waals surface area contributed by atoms with E-state index in [1.54, 1.807) is 0 Å². The Morgan fingerprint density at radius 2 is 1.64 bits per heavy atom. The molecule has 0 aliphatic heterocycles. The highest BCUT2D eigenvalue weighted by molar-refractivity contribution is 5.92. The molecule has 0 bridgehead atoms. The molecule has 1 amide bonds. The summed E-state index contributed by atoms with van der Waals surface area (Å²) < 4.78 is 0. The fraction of sp³-hybridized carbons (Fsp3) is 0.227.